The van der Waals surface area contributed by atoms with Gasteiger partial charge in [-0.3, -0.25) is 9.79 Å². The molecule has 35 heavy (non-hydrogen) atoms. The van der Waals surface area contributed by atoms with Crippen LogP contribution in [0.5, 0.6) is 5.88 Å². The van der Waals surface area contributed by atoms with Crippen LogP contribution in [0, 0.1) is 5.82 Å². The van der Waals surface area contributed by atoms with Gasteiger partial charge in [0.1, 0.15) is 5.82 Å². The summed E-state index contributed by atoms with van der Waals surface area (Å²) in [6.07, 6.45) is 3.59. The quantitative estimate of drug-likeness (QED) is 0.306. The van der Waals surface area contributed by atoms with Crippen molar-refractivity contribution in [2.45, 2.75) is 33.0 Å². The van der Waals surface area contributed by atoms with Gasteiger partial charge >= 0.3 is 0 Å². The van der Waals surface area contributed by atoms with E-state index in [4.69, 9.17) is 9.73 Å². The summed E-state index contributed by atoms with van der Waals surface area (Å²) in [5, 5.41) is 0. The molecule has 0 saturated heterocycles. The number of rotatable bonds is 6. The molecule has 0 radical (unpaired) electrons. The van der Waals surface area contributed by atoms with Crippen molar-refractivity contribution in [3.05, 3.63) is 116 Å². The van der Waals surface area contributed by atoms with Crippen molar-refractivity contribution in [3.8, 4) is 17.0 Å². The van der Waals surface area contributed by atoms with Gasteiger partial charge in [0.2, 0.25) is 5.88 Å². The molecule has 0 unspecified atom stereocenters. The fraction of sp³-hybridized carbons (Fsp3) is 0.179. The molecule has 0 amide bonds. The van der Waals surface area contributed by atoms with Crippen molar-refractivity contribution in [2.24, 2.45) is 4.99 Å². The van der Waals surface area contributed by atoms with Gasteiger partial charge in [-0.1, -0.05) is 28.1 Å². The molecule has 2 aromatic carbocycles. The first kappa shape index (κ1) is 23.2. The van der Waals surface area contributed by atoms with E-state index in [1.807, 2.05) is 38.1 Å². The van der Waals surface area contributed by atoms with Crippen LogP contribution in [0.3, 0.4) is 0 Å². The standard InChI is InChI=1S/C28H23BrFN3O2/c1-17(2)35-26-6-5-22(15-31-26)28-25-11-19(3-4-21(25)14-32-28)20-7-8-33(27(34)12-20)16-18-9-23(29)13-24(30)10-18/h3-13,15,17H,14,16H2,1-2H3. The predicted octanol–water partition coefficient (Wildman–Crippen LogP) is 6.00. The first-order chi connectivity index (χ1) is 16.9. The highest BCUT2D eigenvalue weighted by atomic mass is 79.9. The molecule has 4 aromatic rings. The first-order valence-electron chi connectivity index (χ1n) is 11.3. The van der Waals surface area contributed by atoms with Gasteiger partial charge in [0.25, 0.3) is 5.56 Å². The molecule has 0 aliphatic carbocycles. The van der Waals surface area contributed by atoms with Gasteiger partial charge in [0.15, 0.2) is 0 Å². The van der Waals surface area contributed by atoms with E-state index in [1.165, 1.54) is 12.1 Å². The van der Waals surface area contributed by atoms with Crippen LogP contribution in [0.15, 0.2) is 87.3 Å². The number of fused-ring (bicyclic) bond motifs is 1. The molecular weight excluding hydrogens is 509 g/mol. The predicted molar refractivity (Wildman–Crippen MR) is 139 cm³/mol. The number of hydrogen-bond acceptors (Lipinski definition) is 4. The summed E-state index contributed by atoms with van der Waals surface area (Å²) in [5.74, 6) is 0.245. The molecule has 176 valence electrons. The summed E-state index contributed by atoms with van der Waals surface area (Å²) in [6.45, 7) is 4.83. The van der Waals surface area contributed by atoms with Crippen LogP contribution in [0.25, 0.3) is 11.1 Å². The van der Waals surface area contributed by atoms with Crippen molar-refractivity contribution < 1.29 is 9.13 Å². The minimum absolute atomic E-state index is 0.0617. The summed E-state index contributed by atoms with van der Waals surface area (Å²) < 4.78 is 21.6. The molecule has 0 saturated carbocycles. The molecule has 0 N–H and O–H groups in total. The van der Waals surface area contributed by atoms with E-state index < -0.39 is 0 Å². The maximum absolute atomic E-state index is 13.7. The van der Waals surface area contributed by atoms with E-state index in [0.29, 0.717) is 29.0 Å². The molecule has 0 bridgehead atoms. The molecule has 3 heterocycles. The van der Waals surface area contributed by atoms with Crippen molar-refractivity contribution in [1.82, 2.24) is 9.55 Å². The fourth-order valence-electron chi connectivity index (χ4n) is 4.16. The van der Waals surface area contributed by atoms with Crippen molar-refractivity contribution >= 4 is 21.6 Å². The van der Waals surface area contributed by atoms with E-state index in [0.717, 1.165) is 33.5 Å². The molecular formula is C28H23BrFN3O2. The number of pyridine rings is 2. The lowest BCUT2D eigenvalue weighted by atomic mass is 9.96. The van der Waals surface area contributed by atoms with Crippen molar-refractivity contribution in [1.29, 1.82) is 0 Å². The van der Waals surface area contributed by atoms with Gasteiger partial charge in [-0.25, -0.2) is 9.37 Å². The molecule has 2 aromatic heterocycles. The zero-order valence-electron chi connectivity index (χ0n) is 19.3. The highest BCUT2D eigenvalue weighted by molar-refractivity contribution is 9.10. The summed E-state index contributed by atoms with van der Waals surface area (Å²) in [4.78, 5) is 22.0. The summed E-state index contributed by atoms with van der Waals surface area (Å²) in [6, 6.07) is 18.1. The van der Waals surface area contributed by atoms with Gasteiger partial charge in [-0.2, -0.15) is 0 Å². The summed E-state index contributed by atoms with van der Waals surface area (Å²) >= 11 is 3.30. The van der Waals surface area contributed by atoms with Gasteiger partial charge in [0, 0.05) is 40.1 Å². The lowest BCUT2D eigenvalue weighted by Crippen LogP contribution is -2.19. The Morgan fingerprint density at radius 2 is 1.83 bits per heavy atom. The van der Waals surface area contributed by atoms with E-state index in [2.05, 4.69) is 33.0 Å². The smallest absolute Gasteiger partial charge is 0.251 e. The van der Waals surface area contributed by atoms with Crippen molar-refractivity contribution in [2.75, 3.05) is 0 Å². The number of nitrogens with zero attached hydrogens (tertiary/aromatic N) is 3. The average molecular weight is 532 g/mol. The molecule has 1 aliphatic heterocycles. The van der Waals surface area contributed by atoms with Crippen LogP contribution in [-0.2, 0) is 13.1 Å². The molecule has 0 atom stereocenters. The second kappa shape index (κ2) is 9.58. The van der Waals surface area contributed by atoms with Crippen molar-refractivity contribution in [3.63, 3.8) is 0 Å². The third-order valence-corrected chi connectivity index (χ3v) is 6.20. The molecule has 7 heteroatoms. The van der Waals surface area contributed by atoms with Crippen LogP contribution in [0.1, 0.15) is 36.1 Å². The summed E-state index contributed by atoms with van der Waals surface area (Å²) in [5.41, 5.74) is 6.30. The van der Waals surface area contributed by atoms with Gasteiger partial charge < -0.3 is 9.30 Å². The van der Waals surface area contributed by atoms with Crippen LogP contribution < -0.4 is 10.3 Å². The number of hydrogen-bond donors (Lipinski definition) is 0. The zero-order valence-corrected chi connectivity index (χ0v) is 20.9. The molecule has 0 spiro atoms. The normalized spacial score (nSPS) is 12.5. The van der Waals surface area contributed by atoms with Gasteiger partial charge in [-0.15, -0.1) is 0 Å². The number of halogens is 2. The van der Waals surface area contributed by atoms with E-state index in [9.17, 15) is 9.18 Å². The van der Waals surface area contributed by atoms with Crippen LogP contribution in [0.2, 0.25) is 0 Å². The largest absolute Gasteiger partial charge is 0.475 e. The second-order valence-corrected chi connectivity index (χ2v) is 9.66. The zero-order chi connectivity index (χ0) is 24.5. The fourth-order valence-corrected chi connectivity index (χ4v) is 4.67. The SMILES string of the molecule is CC(C)Oc1ccc(C2=NCc3ccc(-c4ccn(Cc5cc(F)cc(Br)c5)c(=O)c4)cc32)cn1. The third-order valence-electron chi connectivity index (χ3n) is 5.74. The number of benzene rings is 2. The number of ether oxygens (including phenoxy) is 1. The van der Waals surface area contributed by atoms with E-state index >= 15 is 0 Å². The Hall–Kier alpha value is -3.58. The third kappa shape index (κ3) is 5.10. The average Bonchev–Trinajstić information content (AvgIpc) is 3.23. The first-order valence-corrected chi connectivity index (χ1v) is 12.1. The Morgan fingerprint density at radius 1 is 1.03 bits per heavy atom. The Morgan fingerprint density at radius 3 is 2.54 bits per heavy atom. The van der Waals surface area contributed by atoms with Gasteiger partial charge in [0.05, 0.1) is 24.9 Å². The Balaban J connectivity index is 1.41. The van der Waals surface area contributed by atoms with Crippen LogP contribution in [0.4, 0.5) is 4.39 Å². The number of aliphatic imine (C=N–C) groups is 1. The minimum Gasteiger partial charge on any atom is -0.475 e. The highest BCUT2D eigenvalue weighted by Gasteiger charge is 2.19. The maximum Gasteiger partial charge on any atom is 0.251 e. The monoisotopic (exact) mass is 531 g/mol. The molecule has 5 rings (SSSR count). The maximum atomic E-state index is 13.7. The Kier molecular flexibility index (Phi) is 6.34. The summed E-state index contributed by atoms with van der Waals surface area (Å²) in [7, 11) is 0. The molecule has 0 fully saturated rings. The Labute approximate surface area is 211 Å². The lowest BCUT2D eigenvalue weighted by molar-refractivity contribution is 0.232. The van der Waals surface area contributed by atoms with Crippen LogP contribution in [-0.4, -0.2) is 21.4 Å². The van der Waals surface area contributed by atoms with E-state index in [1.54, 1.807) is 29.1 Å². The minimum atomic E-state index is -0.341. The topological polar surface area (TPSA) is 56.5 Å². The molecule has 5 nitrogen and oxygen atoms in total. The Bertz CT molecular complexity index is 1470. The van der Waals surface area contributed by atoms with Crippen LogP contribution >= 0.6 is 15.9 Å². The van der Waals surface area contributed by atoms with E-state index in [-0.39, 0.29) is 17.5 Å². The lowest BCUT2D eigenvalue weighted by Gasteiger charge is -2.11. The number of aromatic nitrogens is 2. The molecule has 1 aliphatic rings. The second-order valence-electron chi connectivity index (χ2n) is 8.75. The van der Waals surface area contributed by atoms with Gasteiger partial charge in [-0.05, 0) is 72.5 Å². The highest BCUT2D eigenvalue weighted by Crippen LogP contribution is 2.28.